The van der Waals surface area contributed by atoms with Gasteiger partial charge >= 0.3 is 0 Å². The molecule has 0 fully saturated rings. The molecule has 102 valence electrons. The lowest BCUT2D eigenvalue weighted by atomic mass is 10.0. The summed E-state index contributed by atoms with van der Waals surface area (Å²) in [6.07, 6.45) is 0. The number of ether oxygens (including phenoxy) is 1. The van der Waals surface area contributed by atoms with Crippen LogP contribution in [-0.4, -0.2) is 38.3 Å². The number of nitrogens with two attached hydrogens (primary N) is 1. The molecule has 0 amide bonds. The second-order valence-electron chi connectivity index (χ2n) is 4.85. The Morgan fingerprint density at radius 3 is 2.33 bits per heavy atom. The number of rotatable bonds is 7. The van der Waals surface area contributed by atoms with Crippen LogP contribution in [0.1, 0.15) is 29.7 Å². The zero-order valence-corrected chi connectivity index (χ0v) is 12.1. The van der Waals surface area contributed by atoms with E-state index in [2.05, 4.69) is 44.0 Å². The summed E-state index contributed by atoms with van der Waals surface area (Å²) in [7, 11) is 2.11. The molecule has 0 bridgehead atoms. The summed E-state index contributed by atoms with van der Waals surface area (Å²) in [5.74, 6) is 0. The normalized spacial score (nSPS) is 13.0. The van der Waals surface area contributed by atoms with E-state index in [1.165, 1.54) is 16.7 Å². The highest BCUT2D eigenvalue weighted by Gasteiger charge is 2.15. The average molecular weight is 250 g/mol. The molecule has 0 heterocycles. The van der Waals surface area contributed by atoms with E-state index in [0.717, 1.165) is 19.8 Å². The van der Waals surface area contributed by atoms with Gasteiger partial charge in [-0.1, -0.05) is 29.3 Å². The minimum atomic E-state index is 0.268. The van der Waals surface area contributed by atoms with Crippen molar-refractivity contribution in [2.75, 3.05) is 33.4 Å². The van der Waals surface area contributed by atoms with E-state index in [1.54, 1.807) is 0 Å². The molecule has 0 aliphatic rings. The molecule has 3 heteroatoms. The molecule has 0 aliphatic carbocycles. The summed E-state index contributed by atoms with van der Waals surface area (Å²) in [4.78, 5) is 2.27. The van der Waals surface area contributed by atoms with E-state index in [-0.39, 0.29) is 6.04 Å². The van der Waals surface area contributed by atoms with Crippen LogP contribution in [0.3, 0.4) is 0 Å². The maximum absolute atomic E-state index is 5.93. The first-order valence-electron chi connectivity index (χ1n) is 6.64. The summed E-state index contributed by atoms with van der Waals surface area (Å²) >= 11 is 0. The molecule has 0 aromatic heterocycles. The molecular weight excluding hydrogens is 224 g/mol. The van der Waals surface area contributed by atoms with Gasteiger partial charge in [0.1, 0.15) is 0 Å². The fourth-order valence-corrected chi connectivity index (χ4v) is 2.28. The highest BCUT2D eigenvalue weighted by molar-refractivity contribution is 5.30. The molecule has 0 saturated carbocycles. The lowest BCUT2D eigenvalue weighted by Crippen LogP contribution is -2.33. The monoisotopic (exact) mass is 250 g/mol. The Morgan fingerprint density at radius 1 is 1.22 bits per heavy atom. The molecule has 1 aromatic carbocycles. The second-order valence-corrected chi connectivity index (χ2v) is 4.85. The van der Waals surface area contributed by atoms with Gasteiger partial charge in [0.15, 0.2) is 0 Å². The van der Waals surface area contributed by atoms with Gasteiger partial charge in [-0.25, -0.2) is 0 Å². The Hall–Kier alpha value is -0.900. The van der Waals surface area contributed by atoms with Gasteiger partial charge in [0.25, 0.3) is 0 Å². The minimum absolute atomic E-state index is 0.268. The predicted octanol–water partition coefficient (Wildman–Crippen LogP) is 2.27. The summed E-state index contributed by atoms with van der Waals surface area (Å²) < 4.78 is 5.40. The Kier molecular flexibility index (Phi) is 6.33. The van der Waals surface area contributed by atoms with Crippen molar-refractivity contribution in [3.63, 3.8) is 0 Å². The van der Waals surface area contributed by atoms with Crippen molar-refractivity contribution in [3.05, 3.63) is 34.9 Å². The first kappa shape index (κ1) is 15.2. The molecule has 0 radical (unpaired) electrons. The van der Waals surface area contributed by atoms with Gasteiger partial charge in [0.05, 0.1) is 6.61 Å². The maximum Gasteiger partial charge on any atom is 0.0593 e. The molecule has 0 aliphatic heterocycles. The Balaban J connectivity index is 2.74. The third kappa shape index (κ3) is 4.41. The van der Waals surface area contributed by atoms with Crippen molar-refractivity contribution in [2.45, 2.75) is 26.8 Å². The molecule has 2 N–H and O–H groups in total. The number of hydrogen-bond donors (Lipinski definition) is 1. The van der Waals surface area contributed by atoms with Crippen LogP contribution in [0.5, 0.6) is 0 Å². The molecule has 0 spiro atoms. The van der Waals surface area contributed by atoms with Crippen LogP contribution in [0.15, 0.2) is 18.2 Å². The topological polar surface area (TPSA) is 38.5 Å². The molecule has 1 rings (SSSR count). The van der Waals surface area contributed by atoms with E-state index in [0.29, 0.717) is 6.54 Å². The van der Waals surface area contributed by atoms with Crippen LogP contribution in [-0.2, 0) is 4.74 Å². The van der Waals surface area contributed by atoms with Gasteiger partial charge in [-0.3, -0.25) is 4.90 Å². The fraction of sp³-hybridized carbons (Fsp3) is 0.600. The Bertz CT molecular complexity index is 345. The molecule has 1 aromatic rings. The van der Waals surface area contributed by atoms with E-state index >= 15 is 0 Å². The summed E-state index contributed by atoms with van der Waals surface area (Å²) in [5, 5.41) is 0. The zero-order chi connectivity index (χ0) is 13.5. The lowest BCUT2D eigenvalue weighted by molar-refractivity contribution is 0.108. The van der Waals surface area contributed by atoms with E-state index in [1.807, 2.05) is 6.92 Å². The van der Waals surface area contributed by atoms with Crippen molar-refractivity contribution in [1.82, 2.24) is 4.90 Å². The standard InChI is InChI=1S/C15H26N2O/c1-5-18-7-6-17(4)15(11-16)14-9-12(2)8-13(3)10-14/h8-10,15H,5-7,11,16H2,1-4H3. The van der Waals surface area contributed by atoms with Crippen LogP contribution in [0.25, 0.3) is 0 Å². The highest BCUT2D eigenvalue weighted by atomic mass is 16.5. The number of aryl methyl sites for hydroxylation is 2. The van der Waals surface area contributed by atoms with E-state index in [4.69, 9.17) is 10.5 Å². The smallest absolute Gasteiger partial charge is 0.0593 e. The van der Waals surface area contributed by atoms with Gasteiger partial charge in [-0.2, -0.15) is 0 Å². The van der Waals surface area contributed by atoms with E-state index < -0.39 is 0 Å². The van der Waals surface area contributed by atoms with Crippen molar-refractivity contribution in [3.8, 4) is 0 Å². The third-order valence-corrected chi connectivity index (χ3v) is 3.18. The van der Waals surface area contributed by atoms with Gasteiger partial charge < -0.3 is 10.5 Å². The third-order valence-electron chi connectivity index (χ3n) is 3.18. The number of hydrogen-bond acceptors (Lipinski definition) is 3. The Morgan fingerprint density at radius 2 is 1.83 bits per heavy atom. The van der Waals surface area contributed by atoms with Crippen molar-refractivity contribution >= 4 is 0 Å². The molecule has 1 unspecified atom stereocenters. The van der Waals surface area contributed by atoms with Crippen LogP contribution >= 0.6 is 0 Å². The maximum atomic E-state index is 5.93. The van der Waals surface area contributed by atoms with Gasteiger partial charge in [0, 0.05) is 25.7 Å². The van der Waals surface area contributed by atoms with Gasteiger partial charge in [-0.05, 0) is 33.4 Å². The zero-order valence-electron chi connectivity index (χ0n) is 12.1. The summed E-state index contributed by atoms with van der Waals surface area (Å²) in [6, 6.07) is 6.91. The SMILES string of the molecule is CCOCCN(C)C(CN)c1cc(C)cc(C)c1. The Labute approximate surface area is 111 Å². The van der Waals surface area contributed by atoms with Gasteiger partial charge in [-0.15, -0.1) is 0 Å². The summed E-state index contributed by atoms with van der Waals surface area (Å²) in [6.45, 7) is 9.34. The molecule has 3 nitrogen and oxygen atoms in total. The highest BCUT2D eigenvalue weighted by Crippen LogP contribution is 2.20. The second kappa shape index (κ2) is 7.52. The predicted molar refractivity (Wildman–Crippen MR) is 76.8 cm³/mol. The minimum Gasteiger partial charge on any atom is -0.380 e. The lowest BCUT2D eigenvalue weighted by Gasteiger charge is -2.27. The number of likely N-dealkylation sites (N-methyl/N-ethyl adjacent to an activating group) is 1. The first-order valence-corrected chi connectivity index (χ1v) is 6.64. The van der Waals surface area contributed by atoms with Crippen molar-refractivity contribution < 1.29 is 4.74 Å². The molecule has 1 atom stereocenters. The van der Waals surface area contributed by atoms with Crippen molar-refractivity contribution in [1.29, 1.82) is 0 Å². The largest absolute Gasteiger partial charge is 0.380 e. The molecular formula is C15H26N2O. The van der Waals surface area contributed by atoms with Crippen molar-refractivity contribution in [2.24, 2.45) is 5.73 Å². The van der Waals surface area contributed by atoms with Crippen LogP contribution < -0.4 is 5.73 Å². The molecule has 0 saturated heterocycles. The summed E-state index contributed by atoms with van der Waals surface area (Å²) in [5.41, 5.74) is 9.81. The average Bonchev–Trinajstić information content (AvgIpc) is 2.29. The van der Waals surface area contributed by atoms with Crippen LogP contribution in [0.2, 0.25) is 0 Å². The number of benzene rings is 1. The molecule has 18 heavy (non-hydrogen) atoms. The first-order chi connectivity index (χ1) is 8.58. The number of nitrogens with zero attached hydrogens (tertiary/aromatic N) is 1. The van der Waals surface area contributed by atoms with Crippen LogP contribution in [0.4, 0.5) is 0 Å². The van der Waals surface area contributed by atoms with Gasteiger partial charge in [0.2, 0.25) is 0 Å². The fourth-order valence-electron chi connectivity index (χ4n) is 2.28. The van der Waals surface area contributed by atoms with E-state index in [9.17, 15) is 0 Å². The van der Waals surface area contributed by atoms with Crippen LogP contribution in [0, 0.1) is 13.8 Å². The quantitative estimate of drug-likeness (QED) is 0.755.